The molecule has 0 atom stereocenters. The minimum absolute atomic E-state index is 0. The number of halogens is 2. The molecule has 3 heteroatoms. The van der Waals surface area contributed by atoms with Gasteiger partial charge in [-0.1, -0.05) is 61.7 Å². The SMILES string of the molecule is CCc1ccc2c(c1)[cH-]c1cc(CC)ccc12.Cc1ccc2[cH-]cc(C)c2c1.[Cl-].[Cl-].[Zr+2]=[C](c1ccccc1)c1ccccc1. The molecular weight excluding hydrogens is 655 g/mol. The van der Waals surface area contributed by atoms with Crippen molar-refractivity contribution in [2.45, 2.75) is 40.5 Å². The Hall–Kier alpha value is -3.09. The van der Waals surface area contributed by atoms with Gasteiger partial charge in [0.25, 0.3) is 0 Å². The summed E-state index contributed by atoms with van der Waals surface area (Å²) >= 11 is 1.46. The molecule has 0 fully saturated rings. The van der Waals surface area contributed by atoms with Gasteiger partial charge in [0.15, 0.2) is 0 Å². The van der Waals surface area contributed by atoms with Crippen LogP contribution in [0, 0.1) is 13.8 Å². The number of hydrogen-bond donors (Lipinski definition) is 0. The van der Waals surface area contributed by atoms with Gasteiger partial charge in [0.05, 0.1) is 0 Å². The zero-order valence-electron chi connectivity index (χ0n) is 25.9. The molecule has 0 aliphatic carbocycles. The van der Waals surface area contributed by atoms with Crippen LogP contribution in [0.15, 0.2) is 133 Å². The third kappa shape index (κ3) is 8.54. The summed E-state index contributed by atoms with van der Waals surface area (Å²) in [6.45, 7) is 8.70. The monoisotopic (exact) mass is 690 g/mol. The van der Waals surface area contributed by atoms with Crippen LogP contribution in [0.4, 0.5) is 0 Å². The molecule has 7 rings (SSSR count). The maximum absolute atomic E-state index is 2.32. The van der Waals surface area contributed by atoms with E-state index in [0.29, 0.717) is 0 Å². The summed E-state index contributed by atoms with van der Waals surface area (Å²) in [5.41, 5.74) is 8.22. The van der Waals surface area contributed by atoms with Gasteiger partial charge < -0.3 is 24.8 Å². The molecule has 222 valence electrons. The van der Waals surface area contributed by atoms with E-state index in [2.05, 4.69) is 161 Å². The summed E-state index contributed by atoms with van der Waals surface area (Å²) in [5.74, 6) is 0. The van der Waals surface area contributed by atoms with Crippen molar-refractivity contribution in [1.29, 1.82) is 0 Å². The predicted octanol–water partition coefficient (Wildman–Crippen LogP) is 4.82. The number of aryl methyl sites for hydroxylation is 4. The summed E-state index contributed by atoms with van der Waals surface area (Å²) in [4.78, 5) is 0. The average Bonchev–Trinajstić information content (AvgIpc) is 3.60. The Morgan fingerprint density at radius 1 is 0.568 bits per heavy atom. The van der Waals surface area contributed by atoms with E-state index in [9.17, 15) is 0 Å². The van der Waals surface area contributed by atoms with Gasteiger partial charge in [-0.15, -0.1) is 74.8 Å². The van der Waals surface area contributed by atoms with Gasteiger partial charge in [-0.3, -0.25) is 0 Å². The third-order valence-electron chi connectivity index (χ3n) is 7.92. The molecule has 0 saturated carbocycles. The first-order valence-electron chi connectivity index (χ1n) is 14.9. The first kappa shape index (κ1) is 35.4. The van der Waals surface area contributed by atoms with Crippen molar-refractivity contribution in [1.82, 2.24) is 0 Å². The number of rotatable bonds is 4. The van der Waals surface area contributed by atoms with Crippen LogP contribution < -0.4 is 24.8 Å². The molecular formula is C41H38Cl2Zr-2. The fourth-order valence-corrected chi connectivity index (χ4v) is 6.22. The predicted molar refractivity (Wildman–Crippen MR) is 181 cm³/mol. The van der Waals surface area contributed by atoms with Crippen molar-refractivity contribution in [2.75, 3.05) is 0 Å². The molecule has 7 aromatic rings. The fraction of sp³-hybridized carbons (Fsp3) is 0.146. The van der Waals surface area contributed by atoms with Gasteiger partial charge in [0, 0.05) is 0 Å². The van der Waals surface area contributed by atoms with Crippen LogP contribution in [0.2, 0.25) is 0 Å². The Morgan fingerprint density at radius 3 is 1.55 bits per heavy atom. The van der Waals surface area contributed by atoms with E-state index in [-0.39, 0.29) is 24.8 Å². The van der Waals surface area contributed by atoms with Crippen LogP contribution >= 0.6 is 0 Å². The Balaban J connectivity index is 0.000000180. The van der Waals surface area contributed by atoms with Gasteiger partial charge in [-0.05, 0) is 19.8 Å². The molecule has 0 radical (unpaired) electrons. The molecule has 0 aromatic heterocycles. The zero-order valence-corrected chi connectivity index (χ0v) is 29.8. The molecule has 0 spiro atoms. The van der Waals surface area contributed by atoms with Gasteiger partial charge in [-0.2, -0.15) is 11.6 Å². The molecule has 0 unspecified atom stereocenters. The van der Waals surface area contributed by atoms with E-state index in [1.54, 1.807) is 0 Å². The van der Waals surface area contributed by atoms with E-state index in [4.69, 9.17) is 0 Å². The standard InChI is InChI=1S/C17H17.C13H10.C11H11.2ClH.Zr/c1-3-12-5-7-16-14(9-12)11-15-10-13(4-2)6-8-17(15)16;1-3-7-12(8-4-1)11-13-9-5-2-6-10-13;1-8-3-5-10-6-4-9(2)11(10)7-8;;;/h5-11H,3-4H2,1-2H3;1-10H;3-7H,1-2H3;2*1H;/q-1;;-1;;;+2/p-2. The van der Waals surface area contributed by atoms with Crippen molar-refractivity contribution in [3.63, 3.8) is 0 Å². The van der Waals surface area contributed by atoms with Crippen LogP contribution in [-0.4, -0.2) is 3.21 Å². The molecule has 0 aliphatic rings. The molecule has 0 amide bonds. The Kier molecular flexibility index (Phi) is 13.5. The normalized spacial score (nSPS) is 10.2. The minimum atomic E-state index is 0. The molecule has 0 N–H and O–H groups in total. The third-order valence-corrected chi connectivity index (χ3v) is 9.34. The zero-order chi connectivity index (χ0) is 29.5. The van der Waals surface area contributed by atoms with Crippen LogP contribution in [0.3, 0.4) is 0 Å². The number of fused-ring (bicyclic) bond motifs is 4. The van der Waals surface area contributed by atoms with E-state index in [1.165, 1.54) is 93.1 Å². The number of benzene rings is 5. The molecule has 44 heavy (non-hydrogen) atoms. The van der Waals surface area contributed by atoms with E-state index in [1.807, 2.05) is 0 Å². The molecule has 0 nitrogen and oxygen atoms in total. The molecule has 0 heterocycles. The van der Waals surface area contributed by atoms with Crippen molar-refractivity contribution >= 4 is 35.5 Å². The first-order chi connectivity index (χ1) is 20.5. The van der Waals surface area contributed by atoms with Crippen molar-refractivity contribution in [2.24, 2.45) is 0 Å². The fourth-order valence-electron chi connectivity index (χ4n) is 5.40. The van der Waals surface area contributed by atoms with Crippen molar-refractivity contribution in [3.05, 3.63) is 167 Å². The summed E-state index contributed by atoms with van der Waals surface area (Å²) in [5, 5.41) is 8.29. The Bertz CT molecular complexity index is 1830. The second-order valence-electron chi connectivity index (χ2n) is 10.9. The molecule has 7 aromatic carbocycles. The van der Waals surface area contributed by atoms with Crippen LogP contribution in [0.1, 0.15) is 47.2 Å². The van der Waals surface area contributed by atoms with E-state index < -0.39 is 0 Å². The van der Waals surface area contributed by atoms with Gasteiger partial charge in [0.1, 0.15) is 0 Å². The van der Waals surface area contributed by atoms with Crippen LogP contribution in [-0.2, 0) is 37.1 Å². The topological polar surface area (TPSA) is 0 Å². The summed E-state index contributed by atoms with van der Waals surface area (Å²) < 4.78 is 1.42. The average molecular weight is 693 g/mol. The van der Waals surface area contributed by atoms with Crippen LogP contribution in [0.25, 0.3) is 32.3 Å². The van der Waals surface area contributed by atoms with Gasteiger partial charge in [0.2, 0.25) is 0 Å². The summed E-state index contributed by atoms with van der Waals surface area (Å²) in [7, 11) is 0. The van der Waals surface area contributed by atoms with Crippen LogP contribution in [0.5, 0.6) is 0 Å². The number of hydrogen-bond acceptors (Lipinski definition) is 0. The summed E-state index contributed by atoms with van der Waals surface area (Å²) in [6.07, 6.45) is 2.22. The first-order valence-corrected chi connectivity index (χ1v) is 16.1. The Labute approximate surface area is 290 Å². The molecule has 0 bridgehead atoms. The van der Waals surface area contributed by atoms with E-state index in [0.717, 1.165) is 12.8 Å². The van der Waals surface area contributed by atoms with Crippen molar-refractivity contribution in [3.8, 4) is 0 Å². The second kappa shape index (κ2) is 16.8. The Morgan fingerprint density at radius 2 is 1.07 bits per heavy atom. The van der Waals surface area contributed by atoms with Crippen molar-refractivity contribution < 1.29 is 49.0 Å². The van der Waals surface area contributed by atoms with E-state index >= 15 is 0 Å². The summed E-state index contributed by atoms with van der Waals surface area (Å²) in [6, 6.07) is 48.0. The second-order valence-corrected chi connectivity index (χ2v) is 12.1. The van der Waals surface area contributed by atoms with Gasteiger partial charge >= 0.3 is 99.2 Å². The quantitative estimate of drug-likeness (QED) is 0.232. The van der Waals surface area contributed by atoms with Gasteiger partial charge in [-0.25, -0.2) is 0 Å². The molecule has 0 aliphatic heterocycles. The molecule has 0 saturated heterocycles. The maximum atomic E-state index is 2.32.